The van der Waals surface area contributed by atoms with Crippen LogP contribution in [0.25, 0.3) is 0 Å². The van der Waals surface area contributed by atoms with Crippen LogP contribution in [-0.2, 0) is 14.3 Å². The highest BCUT2D eigenvalue weighted by atomic mass is 35.5. The molecule has 0 radical (unpaired) electrons. The molecule has 0 saturated carbocycles. The Morgan fingerprint density at radius 3 is 2.54 bits per heavy atom. The van der Waals surface area contributed by atoms with Crippen LogP contribution in [0.4, 0.5) is 23.2 Å². The molecule has 2 aromatic carbocycles. The molecule has 0 aliphatic heterocycles. The summed E-state index contributed by atoms with van der Waals surface area (Å²) in [5, 5.41) is 5.23. The zero-order valence-electron chi connectivity index (χ0n) is 22.4. The van der Waals surface area contributed by atoms with Crippen molar-refractivity contribution >= 4 is 29.6 Å². The van der Waals surface area contributed by atoms with Crippen molar-refractivity contribution in [3.63, 3.8) is 0 Å². The van der Waals surface area contributed by atoms with E-state index in [1.807, 2.05) is 13.0 Å². The van der Waals surface area contributed by atoms with Crippen LogP contribution >= 0.6 is 11.6 Å². The highest BCUT2D eigenvalue weighted by Crippen LogP contribution is 2.36. The largest absolute Gasteiger partial charge is 0.390 e. The zero-order chi connectivity index (χ0) is 29.2. The fourth-order valence-corrected chi connectivity index (χ4v) is 4.52. The Balaban J connectivity index is 2.02. The van der Waals surface area contributed by atoms with Crippen molar-refractivity contribution in [3.8, 4) is 0 Å². The fraction of sp³-hybridized carbons (Fsp3) is 0.429. The van der Waals surface area contributed by atoms with E-state index in [0.29, 0.717) is 30.5 Å². The summed E-state index contributed by atoms with van der Waals surface area (Å²) in [5.74, 6) is -2.00. The van der Waals surface area contributed by atoms with Crippen LogP contribution in [0.2, 0.25) is 5.02 Å². The number of anilines is 1. The molecule has 0 aromatic heterocycles. The van der Waals surface area contributed by atoms with Crippen molar-refractivity contribution in [2.75, 3.05) is 32.6 Å². The van der Waals surface area contributed by atoms with Crippen LogP contribution in [0.1, 0.15) is 54.9 Å². The number of amides is 2. The van der Waals surface area contributed by atoms with Crippen LogP contribution in [0.3, 0.4) is 0 Å². The van der Waals surface area contributed by atoms with Crippen LogP contribution in [0.15, 0.2) is 48.2 Å². The lowest BCUT2D eigenvalue weighted by molar-refractivity contribution is -0.137. The van der Waals surface area contributed by atoms with Gasteiger partial charge in [-0.05, 0) is 44.4 Å². The van der Waals surface area contributed by atoms with E-state index >= 15 is 0 Å². The predicted octanol–water partition coefficient (Wildman–Crippen LogP) is 6.51. The summed E-state index contributed by atoms with van der Waals surface area (Å²) in [6.45, 7) is 3.53. The molecular weight excluding hydrogens is 538 g/mol. The summed E-state index contributed by atoms with van der Waals surface area (Å²) in [6.07, 6.45) is -3.48. The molecule has 2 aromatic rings. The molecule has 2 amide bonds. The Kier molecular flexibility index (Phi) is 12.3. The Labute approximate surface area is 231 Å². The minimum atomic E-state index is -4.40. The van der Waals surface area contributed by atoms with E-state index in [4.69, 9.17) is 16.3 Å². The van der Waals surface area contributed by atoms with Gasteiger partial charge in [0.15, 0.2) is 0 Å². The number of rotatable bonds is 14. The van der Waals surface area contributed by atoms with Crippen molar-refractivity contribution in [1.29, 1.82) is 0 Å². The first-order valence-electron chi connectivity index (χ1n) is 12.4. The topological polar surface area (TPSA) is 70.7 Å². The Bertz CT molecular complexity index is 1160. The third-order valence-corrected chi connectivity index (χ3v) is 6.64. The molecule has 2 atom stereocenters. The number of methoxy groups -OCH3 is 1. The first kappa shape index (κ1) is 32.1. The van der Waals surface area contributed by atoms with E-state index in [1.165, 1.54) is 24.1 Å². The van der Waals surface area contributed by atoms with Gasteiger partial charge in [-0.2, -0.15) is 13.2 Å². The number of carbonyl (C=O) groups excluding carboxylic acids is 2. The van der Waals surface area contributed by atoms with Crippen molar-refractivity contribution in [1.82, 2.24) is 10.2 Å². The van der Waals surface area contributed by atoms with Crippen molar-refractivity contribution in [2.24, 2.45) is 0 Å². The third-order valence-electron chi connectivity index (χ3n) is 6.35. The number of nitrogens with one attached hydrogen (secondary N) is 2. The second kappa shape index (κ2) is 14.9. The lowest BCUT2D eigenvalue weighted by Crippen LogP contribution is -2.37. The summed E-state index contributed by atoms with van der Waals surface area (Å²) < 4.78 is 60.4. The molecule has 0 heterocycles. The molecule has 0 bridgehead atoms. The van der Waals surface area contributed by atoms with E-state index in [-0.39, 0.29) is 35.3 Å². The number of nitrogens with zero attached hydrogens (tertiary/aromatic N) is 1. The summed E-state index contributed by atoms with van der Waals surface area (Å²) in [5.41, 5.74) is 2.00. The highest BCUT2D eigenvalue weighted by Gasteiger charge is 2.34. The molecule has 0 aliphatic rings. The SMILES string of the molecule is C/C=C(\NCC(=O)N(C)CCCC(OC)c1c(NC=O)ccc(Cl)c1F)C(CC(F)(F)F)c1cccc(C)c1. The van der Waals surface area contributed by atoms with Gasteiger partial charge in [-0.1, -0.05) is 47.5 Å². The van der Waals surface area contributed by atoms with Crippen LogP contribution in [-0.4, -0.2) is 50.6 Å². The average Bonchev–Trinajstić information content (AvgIpc) is 2.88. The number of alkyl halides is 3. The van der Waals surface area contributed by atoms with Gasteiger partial charge >= 0.3 is 6.18 Å². The van der Waals surface area contributed by atoms with Gasteiger partial charge in [-0.25, -0.2) is 4.39 Å². The maximum absolute atomic E-state index is 14.7. The monoisotopic (exact) mass is 571 g/mol. The molecule has 6 nitrogen and oxygen atoms in total. The molecule has 11 heteroatoms. The van der Waals surface area contributed by atoms with Gasteiger partial charge in [-0.3, -0.25) is 9.59 Å². The molecule has 0 fully saturated rings. The minimum Gasteiger partial charge on any atom is -0.379 e. The van der Waals surface area contributed by atoms with Crippen molar-refractivity contribution in [3.05, 3.63) is 75.7 Å². The van der Waals surface area contributed by atoms with Gasteiger partial charge in [-0.15, -0.1) is 0 Å². The maximum Gasteiger partial charge on any atom is 0.390 e. The number of aryl methyl sites for hydroxylation is 1. The van der Waals surface area contributed by atoms with Gasteiger partial charge in [0.2, 0.25) is 12.3 Å². The van der Waals surface area contributed by atoms with E-state index in [2.05, 4.69) is 10.6 Å². The van der Waals surface area contributed by atoms with Crippen LogP contribution < -0.4 is 10.6 Å². The second-order valence-corrected chi connectivity index (χ2v) is 9.56. The maximum atomic E-state index is 14.7. The quantitative estimate of drug-likeness (QED) is 0.200. The first-order valence-corrected chi connectivity index (χ1v) is 12.8. The van der Waals surface area contributed by atoms with E-state index in [9.17, 15) is 27.2 Å². The first-order chi connectivity index (χ1) is 18.4. The second-order valence-electron chi connectivity index (χ2n) is 9.15. The highest BCUT2D eigenvalue weighted by molar-refractivity contribution is 6.30. The summed E-state index contributed by atoms with van der Waals surface area (Å²) in [4.78, 5) is 25.1. The molecule has 39 heavy (non-hydrogen) atoms. The zero-order valence-corrected chi connectivity index (χ0v) is 23.1. The number of halogens is 5. The molecule has 2 unspecified atom stereocenters. The number of benzene rings is 2. The van der Waals surface area contributed by atoms with Gasteiger partial charge in [0.1, 0.15) is 5.82 Å². The van der Waals surface area contributed by atoms with Gasteiger partial charge in [0.25, 0.3) is 0 Å². The van der Waals surface area contributed by atoms with Crippen molar-refractivity contribution < 1.29 is 31.9 Å². The number of likely N-dealkylation sites (N-methyl/N-ethyl adjacent to an activating group) is 1. The molecule has 214 valence electrons. The molecular formula is C28H34ClF4N3O3. The molecule has 0 spiro atoms. The third kappa shape index (κ3) is 9.54. The lowest BCUT2D eigenvalue weighted by atomic mass is 9.90. The number of ether oxygens (including phenoxy) is 1. The Morgan fingerprint density at radius 1 is 1.23 bits per heavy atom. The molecule has 0 aliphatic carbocycles. The van der Waals surface area contributed by atoms with E-state index in [1.54, 1.807) is 38.2 Å². The number of hydrogen-bond acceptors (Lipinski definition) is 4. The smallest absolute Gasteiger partial charge is 0.379 e. The number of hydrogen-bond donors (Lipinski definition) is 2. The Hall–Kier alpha value is -3.11. The van der Waals surface area contributed by atoms with Gasteiger partial charge in [0, 0.05) is 43.6 Å². The number of allylic oxidation sites excluding steroid dienone is 2. The van der Waals surface area contributed by atoms with Crippen LogP contribution in [0.5, 0.6) is 0 Å². The average molecular weight is 572 g/mol. The predicted molar refractivity (Wildman–Crippen MR) is 144 cm³/mol. The van der Waals surface area contributed by atoms with E-state index in [0.717, 1.165) is 5.56 Å². The van der Waals surface area contributed by atoms with E-state index < -0.39 is 30.4 Å². The normalized spacial score (nSPS) is 13.5. The molecule has 0 saturated heterocycles. The summed E-state index contributed by atoms with van der Waals surface area (Å²) in [7, 11) is 2.98. The lowest BCUT2D eigenvalue weighted by Gasteiger charge is -2.25. The Morgan fingerprint density at radius 2 is 1.95 bits per heavy atom. The molecule has 2 rings (SSSR count). The molecule has 2 N–H and O–H groups in total. The fourth-order valence-electron chi connectivity index (χ4n) is 4.35. The number of carbonyl (C=O) groups is 2. The summed E-state index contributed by atoms with van der Waals surface area (Å²) in [6, 6.07) is 9.68. The van der Waals surface area contributed by atoms with Crippen LogP contribution in [0, 0.1) is 12.7 Å². The summed E-state index contributed by atoms with van der Waals surface area (Å²) >= 11 is 5.92. The van der Waals surface area contributed by atoms with Gasteiger partial charge < -0.3 is 20.3 Å². The minimum absolute atomic E-state index is 0.109. The van der Waals surface area contributed by atoms with Crippen molar-refractivity contribution in [2.45, 2.75) is 51.3 Å². The standard InChI is InChI=1S/C28H34ClF4N3O3/c1-5-22(20(15-28(31,32)33)19-9-6-8-18(2)14-19)34-16-25(38)36(3)13-7-10-24(39-4)26-23(35-17-37)12-11-21(29)27(26)30/h5-6,8-9,11-12,14,17,20,24,34H,7,10,13,15-16H2,1-4H3,(H,35,37)/b22-5-. The van der Waals surface area contributed by atoms with Gasteiger partial charge in [0.05, 0.1) is 24.1 Å².